The van der Waals surface area contributed by atoms with Crippen LogP contribution >= 0.6 is 0 Å². The summed E-state index contributed by atoms with van der Waals surface area (Å²) in [5, 5.41) is 10.4. The van der Waals surface area contributed by atoms with E-state index in [-0.39, 0.29) is 11.7 Å². The summed E-state index contributed by atoms with van der Waals surface area (Å²) in [6.45, 7) is 0. The van der Waals surface area contributed by atoms with E-state index in [0.717, 1.165) is 36.8 Å². The number of aliphatic hydroxyl groups is 1. The first-order valence-electron chi connectivity index (χ1n) is 9.93. The third-order valence-corrected chi connectivity index (χ3v) is 4.99. The number of aryl methyl sites for hydroxylation is 1. The zero-order chi connectivity index (χ0) is 20.1. The fourth-order valence-corrected chi connectivity index (χ4v) is 3.42. The number of aliphatic hydroxyl groups excluding tert-OH is 1. The topological polar surface area (TPSA) is 59.2 Å². The normalized spacial score (nSPS) is 12.3. The molecule has 1 unspecified atom stereocenters. The fourth-order valence-electron chi connectivity index (χ4n) is 3.42. The van der Waals surface area contributed by atoms with Gasteiger partial charge in [0.2, 0.25) is 5.89 Å². The Morgan fingerprint density at radius 1 is 0.931 bits per heavy atom. The molecule has 0 radical (unpaired) electrons. The van der Waals surface area contributed by atoms with Gasteiger partial charge in [0.05, 0.1) is 0 Å². The van der Waals surface area contributed by atoms with Gasteiger partial charge in [0.15, 0.2) is 11.2 Å². The highest BCUT2D eigenvalue weighted by molar-refractivity contribution is 5.76. The molecule has 4 nitrogen and oxygen atoms in total. The van der Waals surface area contributed by atoms with Crippen molar-refractivity contribution in [1.82, 2.24) is 9.97 Å². The van der Waals surface area contributed by atoms with Gasteiger partial charge in [0, 0.05) is 11.8 Å². The molecule has 4 aromatic rings. The van der Waals surface area contributed by atoms with Gasteiger partial charge in [-0.15, -0.1) is 0 Å². The highest BCUT2D eigenvalue weighted by Crippen LogP contribution is 2.27. The Morgan fingerprint density at radius 3 is 2.62 bits per heavy atom. The molecule has 0 aliphatic carbocycles. The summed E-state index contributed by atoms with van der Waals surface area (Å²) in [5.41, 5.74) is 3.74. The van der Waals surface area contributed by atoms with Crippen LogP contribution in [0.5, 0.6) is 0 Å². The maximum Gasteiger partial charge on any atom is 0.225 e. The van der Waals surface area contributed by atoms with E-state index >= 15 is 0 Å². The summed E-state index contributed by atoms with van der Waals surface area (Å²) in [6.07, 6.45) is 5.55. The van der Waals surface area contributed by atoms with Crippen LogP contribution in [0.2, 0.25) is 0 Å². The highest BCUT2D eigenvalue weighted by Gasteiger charge is 2.16. The number of fused-ring (bicyclic) bond motifs is 1. The van der Waals surface area contributed by atoms with Crippen LogP contribution in [-0.4, -0.2) is 15.1 Å². The minimum absolute atomic E-state index is 0.284. The summed E-state index contributed by atoms with van der Waals surface area (Å²) in [5.74, 6) is -0.0181. The van der Waals surface area contributed by atoms with Gasteiger partial charge in [-0.2, -0.15) is 4.98 Å². The van der Waals surface area contributed by atoms with Crippen LogP contribution in [-0.2, 0) is 6.42 Å². The van der Waals surface area contributed by atoms with Crippen molar-refractivity contribution in [1.29, 1.82) is 0 Å². The number of halogens is 1. The fraction of sp³-hybridized carbons (Fsp3) is 0.250. The number of hydrogen-bond donors (Lipinski definition) is 1. The second-order valence-electron chi connectivity index (χ2n) is 7.21. The third kappa shape index (κ3) is 4.87. The molecule has 4 rings (SSSR count). The highest BCUT2D eigenvalue weighted by atomic mass is 19.1. The molecule has 0 amide bonds. The first-order valence-corrected chi connectivity index (χ1v) is 9.93. The number of unbranched alkanes of at least 4 members (excludes halogenated alkanes) is 2. The third-order valence-electron chi connectivity index (χ3n) is 4.99. The molecule has 2 aromatic carbocycles. The number of benzene rings is 2. The summed E-state index contributed by atoms with van der Waals surface area (Å²) in [4.78, 5) is 8.60. The van der Waals surface area contributed by atoms with Gasteiger partial charge >= 0.3 is 0 Å². The SMILES string of the molecule is OC(CCCCCc1ccccc1)c1nc2ncc(-c3cccc(F)c3)cc2o1. The van der Waals surface area contributed by atoms with Crippen molar-refractivity contribution in [3.8, 4) is 11.1 Å². The van der Waals surface area contributed by atoms with Gasteiger partial charge in [-0.3, -0.25) is 0 Å². The Hall–Kier alpha value is -3.05. The van der Waals surface area contributed by atoms with Crippen molar-refractivity contribution < 1.29 is 13.9 Å². The van der Waals surface area contributed by atoms with E-state index in [0.29, 0.717) is 17.7 Å². The van der Waals surface area contributed by atoms with Gasteiger partial charge in [0.25, 0.3) is 0 Å². The maximum absolute atomic E-state index is 13.5. The first-order chi connectivity index (χ1) is 14.2. The number of oxazole rings is 1. The average molecular weight is 390 g/mol. The van der Waals surface area contributed by atoms with Crippen LogP contribution in [0.25, 0.3) is 22.4 Å². The minimum Gasteiger partial charge on any atom is -0.436 e. The van der Waals surface area contributed by atoms with Gasteiger partial charge < -0.3 is 9.52 Å². The molecular weight excluding hydrogens is 367 g/mol. The maximum atomic E-state index is 13.5. The zero-order valence-corrected chi connectivity index (χ0v) is 16.1. The number of nitrogens with zero attached hydrogens (tertiary/aromatic N) is 2. The molecule has 0 aliphatic heterocycles. The number of aromatic nitrogens is 2. The Morgan fingerprint density at radius 2 is 1.79 bits per heavy atom. The number of hydrogen-bond acceptors (Lipinski definition) is 4. The quantitative estimate of drug-likeness (QED) is 0.383. The molecule has 2 aromatic heterocycles. The lowest BCUT2D eigenvalue weighted by atomic mass is 10.0. The molecule has 1 atom stereocenters. The Balaban J connectivity index is 1.35. The van der Waals surface area contributed by atoms with Gasteiger partial charge in [-0.05, 0) is 48.6 Å². The van der Waals surface area contributed by atoms with Crippen molar-refractivity contribution in [2.45, 2.75) is 38.2 Å². The van der Waals surface area contributed by atoms with E-state index in [2.05, 4.69) is 34.2 Å². The van der Waals surface area contributed by atoms with E-state index in [4.69, 9.17) is 4.42 Å². The Kier molecular flexibility index (Phi) is 5.96. The lowest BCUT2D eigenvalue weighted by Crippen LogP contribution is -1.98. The van der Waals surface area contributed by atoms with Crippen molar-refractivity contribution >= 4 is 11.2 Å². The van der Waals surface area contributed by atoms with Crippen LogP contribution < -0.4 is 0 Å². The van der Waals surface area contributed by atoms with E-state index in [1.54, 1.807) is 18.3 Å². The molecule has 29 heavy (non-hydrogen) atoms. The Labute approximate surface area is 169 Å². The molecule has 0 saturated carbocycles. The lowest BCUT2D eigenvalue weighted by molar-refractivity contribution is 0.133. The average Bonchev–Trinajstić information content (AvgIpc) is 3.18. The molecule has 0 bridgehead atoms. The Bertz CT molecular complexity index is 1080. The van der Waals surface area contributed by atoms with Crippen LogP contribution in [0.3, 0.4) is 0 Å². The predicted octanol–water partition coefficient (Wildman–Crippen LogP) is 5.87. The largest absolute Gasteiger partial charge is 0.436 e. The van der Waals surface area contributed by atoms with Gasteiger partial charge in [-0.25, -0.2) is 9.37 Å². The summed E-state index contributed by atoms with van der Waals surface area (Å²) in [6, 6.07) is 18.5. The van der Waals surface area contributed by atoms with Crippen LogP contribution in [0, 0.1) is 5.82 Å². The van der Waals surface area contributed by atoms with Gasteiger partial charge in [0.1, 0.15) is 11.9 Å². The molecule has 0 spiro atoms. The minimum atomic E-state index is -0.751. The van der Waals surface area contributed by atoms with Crippen molar-refractivity contribution in [2.75, 3.05) is 0 Å². The van der Waals surface area contributed by atoms with E-state index in [1.807, 2.05) is 12.1 Å². The lowest BCUT2D eigenvalue weighted by Gasteiger charge is -2.06. The second kappa shape index (κ2) is 8.97. The van der Waals surface area contributed by atoms with E-state index in [9.17, 15) is 9.50 Å². The molecular formula is C24H23FN2O2. The van der Waals surface area contributed by atoms with Gasteiger partial charge in [-0.1, -0.05) is 55.3 Å². The standard InChI is InChI=1S/C24H23FN2O2/c25-20-12-7-11-18(14-20)19-15-22-23(26-16-19)27-24(29-22)21(28)13-6-2-5-10-17-8-3-1-4-9-17/h1,3-4,7-9,11-12,14-16,21,28H,2,5-6,10,13H2. The molecule has 148 valence electrons. The smallest absolute Gasteiger partial charge is 0.225 e. The van der Waals surface area contributed by atoms with Crippen LogP contribution in [0.4, 0.5) is 4.39 Å². The first kappa shape index (κ1) is 19.3. The monoisotopic (exact) mass is 390 g/mol. The molecule has 0 fully saturated rings. The number of rotatable bonds is 8. The molecule has 5 heteroatoms. The summed E-state index contributed by atoms with van der Waals surface area (Å²) < 4.78 is 19.2. The van der Waals surface area contributed by atoms with E-state index in [1.165, 1.54) is 17.7 Å². The van der Waals surface area contributed by atoms with E-state index < -0.39 is 6.10 Å². The second-order valence-corrected chi connectivity index (χ2v) is 7.21. The molecule has 0 saturated heterocycles. The summed E-state index contributed by atoms with van der Waals surface area (Å²) >= 11 is 0. The van der Waals surface area contributed by atoms with Crippen molar-refractivity contribution in [2.24, 2.45) is 0 Å². The van der Waals surface area contributed by atoms with Crippen molar-refractivity contribution in [3.05, 3.63) is 84.1 Å². The molecule has 1 N–H and O–H groups in total. The van der Waals surface area contributed by atoms with Crippen LogP contribution in [0.1, 0.15) is 43.2 Å². The van der Waals surface area contributed by atoms with Crippen LogP contribution in [0.15, 0.2) is 71.3 Å². The molecule has 0 aliphatic rings. The number of pyridine rings is 1. The predicted molar refractivity (Wildman–Crippen MR) is 111 cm³/mol. The molecule has 2 heterocycles. The summed E-state index contributed by atoms with van der Waals surface area (Å²) in [7, 11) is 0. The van der Waals surface area contributed by atoms with Crippen molar-refractivity contribution in [3.63, 3.8) is 0 Å². The zero-order valence-electron chi connectivity index (χ0n) is 16.1.